The van der Waals surface area contributed by atoms with Crippen LogP contribution in [0.1, 0.15) is 99.8 Å². The third-order valence-corrected chi connectivity index (χ3v) is 21.2. The van der Waals surface area contributed by atoms with Gasteiger partial charge in [-0.15, -0.1) is 0 Å². The summed E-state index contributed by atoms with van der Waals surface area (Å²) < 4.78 is 41.8. The first-order valence-electron chi connectivity index (χ1n) is 27.0. The molecule has 0 aromatic heterocycles. The zero-order valence-electron chi connectivity index (χ0n) is 44.0. The van der Waals surface area contributed by atoms with E-state index in [1.165, 1.54) is 6.92 Å². The fourth-order valence-corrected chi connectivity index (χ4v) is 16.8. The van der Waals surface area contributed by atoms with Crippen LogP contribution in [0, 0.1) is 50.2 Å². The molecule has 23 heteroatoms. The Bertz CT molecular complexity index is 2030. The van der Waals surface area contributed by atoms with Crippen molar-refractivity contribution >= 4 is 0 Å². The van der Waals surface area contributed by atoms with Crippen LogP contribution in [0.2, 0.25) is 0 Å². The second-order valence-electron chi connectivity index (χ2n) is 25.8. The summed E-state index contributed by atoms with van der Waals surface area (Å²) in [5, 5.41) is 166. The van der Waals surface area contributed by atoms with Gasteiger partial charge in [-0.1, -0.05) is 53.2 Å². The Morgan fingerprint density at radius 2 is 1.25 bits per heavy atom. The Morgan fingerprint density at radius 1 is 0.627 bits per heavy atom. The van der Waals surface area contributed by atoms with Crippen LogP contribution in [0.25, 0.3) is 0 Å². The minimum Gasteiger partial charge on any atom is -0.396 e. The molecule has 0 amide bonds. The van der Waals surface area contributed by atoms with E-state index in [9.17, 15) is 76.7 Å². The fraction of sp³-hybridized carbons (Fsp3) is 0.962. The molecule has 75 heavy (non-hydrogen) atoms. The maximum absolute atomic E-state index is 13.2. The number of aliphatic hydroxyl groups is 14. The predicted octanol–water partition coefficient (Wildman–Crippen LogP) is -2.46. The van der Waals surface area contributed by atoms with Crippen LogP contribution in [0.3, 0.4) is 0 Å². The van der Waals surface area contributed by atoms with Crippen molar-refractivity contribution in [1.29, 1.82) is 0 Å². The number of hydrogen-bond donors (Lipinski definition) is 15. The Labute approximate surface area is 436 Å². The van der Waals surface area contributed by atoms with E-state index in [0.717, 1.165) is 5.57 Å². The molecule has 9 aliphatic rings. The van der Waals surface area contributed by atoms with Gasteiger partial charge in [0.2, 0.25) is 0 Å². The van der Waals surface area contributed by atoms with Crippen LogP contribution in [0.5, 0.6) is 0 Å². The van der Waals surface area contributed by atoms with Gasteiger partial charge in [0, 0.05) is 10.8 Å². The van der Waals surface area contributed by atoms with Gasteiger partial charge in [-0.2, -0.15) is 0 Å². The third-order valence-electron chi connectivity index (χ3n) is 21.2. The van der Waals surface area contributed by atoms with Gasteiger partial charge in [-0.3, -0.25) is 5.26 Å². The average molecular weight is 1080 g/mol. The lowest BCUT2D eigenvalue weighted by Crippen LogP contribution is -2.72. The summed E-state index contributed by atoms with van der Waals surface area (Å²) in [6.07, 6.45) is -27.1. The van der Waals surface area contributed by atoms with Gasteiger partial charge in [0.25, 0.3) is 0 Å². The molecule has 0 spiro atoms. The maximum Gasteiger partial charge on any atom is 0.187 e. The summed E-state index contributed by atoms with van der Waals surface area (Å²) in [5.41, 5.74) is -3.48. The maximum atomic E-state index is 13.2. The first-order valence-corrected chi connectivity index (χ1v) is 27.0. The summed E-state index contributed by atoms with van der Waals surface area (Å²) in [7, 11) is 0. The normalized spacial score (nSPS) is 56.4. The molecular formula is C52H86O23. The highest BCUT2D eigenvalue weighted by molar-refractivity contribution is 5.36. The molecule has 0 bridgehead atoms. The lowest BCUT2D eigenvalue weighted by molar-refractivity contribution is -0.389. The van der Waals surface area contributed by atoms with Gasteiger partial charge in [0.15, 0.2) is 18.9 Å². The Kier molecular flexibility index (Phi) is 16.4. The van der Waals surface area contributed by atoms with Gasteiger partial charge >= 0.3 is 0 Å². The van der Waals surface area contributed by atoms with E-state index in [0.29, 0.717) is 38.5 Å². The monoisotopic (exact) mass is 1080 g/mol. The molecule has 5 aliphatic carbocycles. The van der Waals surface area contributed by atoms with Crippen LogP contribution in [0.15, 0.2) is 11.6 Å². The van der Waals surface area contributed by atoms with Crippen LogP contribution in [-0.4, -0.2) is 238 Å². The van der Waals surface area contributed by atoms with Crippen LogP contribution < -0.4 is 0 Å². The standard InChI is InChI=1S/C52H86O23/c1-21-39(72-44-36(64)31(59)25(56)19-69-44)35(63)38(66)45(70-21)73-40-32(60)26(57)18-68-41(40)43(75-67)52-13-12-47(2,3)14-23(52)22-8-9-29-48(4)15-24(55)42(74-46-37(65)34(62)33(61)27(17-53)71-46)49(5,20-54)28(48)10-11-50(29,6)51(22,7)16-30(52)58/h8,21,23-46,53-67H,9-20H2,1-7H3. The second-order valence-corrected chi connectivity index (χ2v) is 25.8. The van der Waals surface area contributed by atoms with Crippen molar-refractivity contribution < 1.29 is 115 Å². The van der Waals surface area contributed by atoms with Gasteiger partial charge in [-0.25, -0.2) is 4.89 Å². The molecule has 0 radical (unpaired) electrons. The molecule has 23 nitrogen and oxygen atoms in total. The number of aliphatic hydroxyl groups excluding tert-OH is 14. The molecular weight excluding hydrogens is 993 g/mol. The first-order chi connectivity index (χ1) is 35.1. The van der Waals surface area contributed by atoms with Crippen molar-refractivity contribution in [2.45, 2.75) is 235 Å². The quantitative estimate of drug-likeness (QED) is 0.0442. The Morgan fingerprint density at radius 3 is 1.92 bits per heavy atom. The van der Waals surface area contributed by atoms with Gasteiger partial charge in [0.1, 0.15) is 91.6 Å². The Balaban J connectivity index is 1.01. The van der Waals surface area contributed by atoms with Crippen LogP contribution in [-0.2, 0) is 38.0 Å². The highest BCUT2D eigenvalue weighted by atomic mass is 17.1. The molecule has 4 heterocycles. The van der Waals surface area contributed by atoms with Gasteiger partial charge in [0.05, 0.1) is 50.8 Å². The minimum absolute atomic E-state index is 0.118. The van der Waals surface area contributed by atoms with E-state index >= 15 is 0 Å². The van der Waals surface area contributed by atoms with E-state index < -0.39 is 188 Å². The summed E-state index contributed by atoms with van der Waals surface area (Å²) in [5.74, 6) is -0.835. The lowest BCUT2D eigenvalue weighted by atomic mass is 9.32. The minimum atomic E-state index is -1.88. The number of ether oxygens (including phenoxy) is 7. The SMILES string of the molecule is CC1OC(OC2C(O)C(O)COC2C(OO)C23CCC(C)(C)CC2C2=CCC4C5(C)CC(O)C(OC6OC(CO)C(O)C(O)C6O)C(C)(CO)C5CCC4(C)C2(C)CC3O)C(O)C(O)C1OC1OCC(O)C(O)C1O. The van der Waals surface area contributed by atoms with Crippen molar-refractivity contribution in [3.05, 3.63) is 11.6 Å². The molecule has 0 aromatic carbocycles. The van der Waals surface area contributed by atoms with E-state index in [2.05, 4.69) is 40.7 Å². The van der Waals surface area contributed by atoms with Crippen molar-refractivity contribution in [3.8, 4) is 0 Å². The van der Waals surface area contributed by atoms with E-state index in [-0.39, 0.29) is 36.7 Å². The first kappa shape index (κ1) is 58.5. The second kappa shape index (κ2) is 21.0. The summed E-state index contributed by atoms with van der Waals surface area (Å²) in [6, 6.07) is 0. The lowest BCUT2D eigenvalue weighted by Gasteiger charge is -2.73. The van der Waals surface area contributed by atoms with Crippen molar-refractivity contribution in [3.63, 3.8) is 0 Å². The molecule has 4 saturated carbocycles. The number of hydrogen-bond acceptors (Lipinski definition) is 23. The molecule has 9 rings (SSSR count). The Hall–Kier alpha value is -1.18. The molecule has 8 fully saturated rings. The van der Waals surface area contributed by atoms with Crippen molar-refractivity contribution in [2.24, 2.45) is 50.2 Å². The highest BCUT2D eigenvalue weighted by Gasteiger charge is 2.74. The fourth-order valence-electron chi connectivity index (χ4n) is 16.8. The topological polar surface area (TPSA) is 377 Å². The summed E-state index contributed by atoms with van der Waals surface area (Å²) in [4.78, 5) is 5.54. The number of allylic oxidation sites excluding steroid dienone is 2. The predicted molar refractivity (Wildman–Crippen MR) is 255 cm³/mol. The molecule has 30 atom stereocenters. The van der Waals surface area contributed by atoms with Crippen LogP contribution >= 0.6 is 0 Å². The molecule has 4 aliphatic heterocycles. The van der Waals surface area contributed by atoms with Crippen molar-refractivity contribution in [2.75, 3.05) is 26.4 Å². The van der Waals surface area contributed by atoms with Crippen molar-refractivity contribution in [1.82, 2.24) is 0 Å². The molecule has 30 unspecified atom stereocenters. The van der Waals surface area contributed by atoms with Gasteiger partial charge in [-0.05, 0) is 97.7 Å². The molecule has 0 aromatic rings. The average Bonchev–Trinajstić information content (AvgIpc) is 3.35. The molecule has 432 valence electrons. The number of fused-ring (bicyclic) bond motifs is 7. The smallest absolute Gasteiger partial charge is 0.187 e. The third kappa shape index (κ3) is 9.15. The van der Waals surface area contributed by atoms with Crippen LogP contribution in [0.4, 0.5) is 0 Å². The largest absolute Gasteiger partial charge is 0.396 e. The highest BCUT2D eigenvalue weighted by Crippen LogP contribution is 2.76. The zero-order valence-corrected chi connectivity index (χ0v) is 44.0. The number of rotatable bonds is 11. The van der Waals surface area contributed by atoms with E-state index in [1.807, 2.05) is 6.92 Å². The zero-order chi connectivity index (χ0) is 54.9. The van der Waals surface area contributed by atoms with E-state index in [1.54, 1.807) is 0 Å². The molecule has 15 N–H and O–H groups in total. The van der Waals surface area contributed by atoms with E-state index in [4.69, 9.17) is 38.0 Å². The summed E-state index contributed by atoms with van der Waals surface area (Å²) in [6.45, 7) is 12.3. The molecule has 4 saturated heterocycles. The summed E-state index contributed by atoms with van der Waals surface area (Å²) >= 11 is 0. The van der Waals surface area contributed by atoms with Gasteiger partial charge < -0.3 is 105 Å².